The van der Waals surface area contributed by atoms with Crippen LogP contribution in [0.4, 0.5) is 8.78 Å². The van der Waals surface area contributed by atoms with Gasteiger partial charge < -0.3 is 14.8 Å². The summed E-state index contributed by atoms with van der Waals surface area (Å²) in [5.74, 6) is -4.29. The molecule has 1 aromatic rings. The molecular weight excluding hydrogens is 258 g/mol. The number of pyridine rings is 1. The predicted octanol–water partition coefficient (Wildman–Crippen LogP) is 1.13. The standard InChI is InChI=1S/C12H14F2N2O3/c1-18-10-3-2-8(6-16-10)5-15-7-9-4-12(13,14)11(17)19-9/h2-3,6,9,15H,4-5,7H2,1H3. The van der Waals surface area contributed by atoms with Crippen LogP contribution < -0.4 is 10.1 Å². The quantitative estimate of drug-likeness (QED) is 0.814. The number of carbonyl (C=O) groups excluding carboxylic acids is 1. The molecule has 0 amide bonds. The molecule has 1 aliphatic heterocycles. The molecule has 1 atom stereocenters. The highest BCUT2D eigenvalue weighted by Gasteiger charge is 2.50. The smallest absolute Gasteiger partial charge is 0.377 e. The maximum absolute atomic E-state index is 12.9. The fourth-order valence-corrected chi connectivity index (χ4v) is 1.78. The highest BCUT2D eigenvalue weighted by molar-refractivity contribution is 5.79. The van der Waals surface area contributed by atoms with Crippen LogP contribution in [0, 0.1) is 0 Å². The van der Waals surface area contributed by atoms with Crippen LogP contribution in [0.3, 0.4) is 0 Å². The number of hydrogen-bond acceptors (Lipinski definition) is 5. The predicted molar refractivity (Wildman–Crippen MR) is 61.9 cm³/mol. The van der Waals surface area contributed by atoms with Gasteiger partial charge in [0.25, 0.3) is 0 Å². The lowest BCUT2D eigenvalue weighted by Crippen LogP contribution is -2.26. The molecule has 104 valence electrons. The minimum atomic E-state index is -3.35. The molecule has 7 heteroatoms. The largest absolute Gasteiger partial charge is 0.481 e. The lowest BCUT2D eigenvalue weighted by molar-refractivity contribution is -0.159. The van der Waals surface area contributed by atoms with Gasteiger partial charge in [-0.25, -0.2) is 9.78 Å². The minimum absolute atomic E-state index is 0.188. The average Bonchev–Trinajstić information content (AvgIpc) is 2.64. The topological polar surface area (TPSA) is 60.5 Å². The number of halogens is 2. The molecule has 1 saturated heterocycles. The van der Waals surface area contributed by atoms with Crippen molar-refractivity contribution in [2.45, 2.75) is 25.0 Å². The van der Waals surface area contributed by atoms with E-state index in [0.717, 1.165) is 5.56 Å². The van der Waals surface area contributed by atoms with Crippen LogP contribution in [0.15, 0.2) is 18.3 Å². The third-order valence-electron chi connectivity index (χ3n) is 2.76. The highest BCUT2D eigenvalue weighted by atomic mass is 19.3. The van der Waals surface area contributed by atoms with Crippen molar-refractivity contribution in [2.75, 3.05) is 13.7 Å². The van der Waals surface area contributed by atoms with Crippen LogP contribution in [0.1, 0.15) is 12.0 Å². The van der Waals surface area contributed by atoms with E-state index in [1.54, 1.807) is 12.3 Å². The van der Waals surface area contributed by atoms with E-state index in [2.05, 4.69) is 15.0 Å². The third kappa shape index (κ3) is 3.37. The van der Waals surface area contributed by atoms with Crippen LogP contribution in [0.5, 0.6) is 5.88 Å². The van der Waals surface area contributed by atoms with Crippen molar-refractivity contribution in [1.29, 1.82) is 0 Å². The van der Waals surface area contributed by atoms with Gasteiger partial charge in [-0.1, -0.05) is 6.07 Å². The van der Waals surface area contributed by atoms with E-state index in [-0.39, 0.29) is 6.54 Å². The number of nitrogens with zero attached hydrogens (tertiary/aromatic N) is 1. The monoisotopic (exact) mass is 272 g/mol. The number of alkyl halides is 2. The number of rotatable bonds is 5. The Morgan fingerprint density at radius 3 is 2.89 bits per heavy atom. The van der Waals surface area contributed by atoms with Gasteiger partial charge in [-0.3, -0.25) is 0 Å². The Balaban J connectivity index is 1.76. The summed E-state index contributed by atoms with van der Waals surface area (Å²) in [5, 5.41) is 2.95. The van der Waals surface area contributed by atoms with E-state index in [1.165, 1.54) is 7.11 Å². The van der Waals surface area contributed by atoms with Gasteiger partial charge in [0.1, 0.15) is 6.10 Å². The van der Waals surface area contributed by atoms with E-state index < -0.39 is 24.4 Å². The number of nitrogens with one attached hydrogen (secondary N) is 1. The number of hydrogen-bond donors (Lipinski definition) is 1. The van der Waals surface area contributed by atoms with Crippen molar-refractivity contribution in [1.82, 2.24) is 10.3 Å². The molecule has 0 radical (unpaired) electrons. The third-order valence-corrected chi connectivity index (χ3v) is 2.76. The molecule has 1 N–H and O–H groups in total. The zero-order chi connectivity index (χ0) is 13.9. The number of methoxy groups -OCH3 is 1. The number of esters is 1. The molecule has 1 fully saturated rings. The Morgan fingerprint density at radius 2 is 2.37 bits per heavy atom. The second kappa shape index (κ2) is 5.48. The van der Waals surface area contributed by atoms with Gasteiger partial charge in [0, 0.05) is 25.4 Å². The van der Waals surface area contributed by atoms with Crippen LogP contribution in [-0.4, -0.2) is 36.6 Å². The highest BCUT2D eigenvalue weighted by Crippen LogP contribution is 2.30. The van der Waals surface area contributed by atoms with Gasteiger partial charge in [-0.15, -0.1) is 0 Å². The molecule has 0 aromatic carbocycles. The van der Waals surface area contributed by atoms with E-state index in [4.69, 9.17) is 4.74 Å². The normalized spacial score (nSPS) is 21.2. The molecular formula is C12H14F2N2O3. The molecule has 0 spiro atoms. The van der Waals surface area contributed by atoms with Crippen LogP contribution in [0.25, 0.3) is 0 Å². The van der Waals surface area contributed by atoms with Crippen LogP contribution in [-0.2, 0) is 16.1 Å². The van der Waals surface area contributed by atoms with E-state index in [9.17, 15) is 13.6 Å². The first kappa shape index (κ1) is 13.7. The zero-order valence-corrected chi connectivity index (χ0v) is 10.4. The van der Waals surface area contributed by atoms with Crippen molar-refractivity contribution in [3.8, 4) is 5.88 Å². The number of carbonyl (C=O) groups is 1. The van der Waals surface area contributed by atoms with Gasteiger partial charge in [-0.2, -0.15) is 8.78 Å². The molecule has 1 aliphatic rings. The van der Waals surface area contributed by atoms with Crippen molar-refractivity contribution < 1.29 is 23.0 Å². The summed E-state index contributed by atoms with van der Waals surface area (Å²) >= 11 is 0. The van der Waals surface area contributed by atoms with Crippen molar-refractivity contribution >= 4 is 5.97 Å². The molecule has 19 heavy (non-hydrogen) atoms. The maximum atomic E-state index is 12.9. The van der Waals surface area contributed by atoms with Gasteiger partial charge in [0.05, 0.1) is 13.5 Å². The lowest BCUT2D eigenvalue weighted by atomic mass is 10.2. The summed E-state index contributed by atoms with van der Waals surface area (Å²) in [6.45, 7) is 0.643. The number of ether oxygens (including phenoxy) is 2. The Bertz CT molecular complexity index is 451. The summed E-state index contributed by atoms with van der Waals surface area (Å²) in [4.78, 5) is 14.8. The molecule has 5 nitrogen and oxygen atoms in total. The minimum Gasteiger partial charge on any atom is -0.481 e. The van der Waals surface area contributed by atoms with Gasteiger partial charge >= 0.3 is 11.9 Å². The van der Waals surface area contributed by atoms with Crippen molar-refractivity contribution in [2.24, 2.45) is 0 Å². The number of cyclic esters (lactones) is 1. The first-order chi connectivity index (χ1) is 9.01. The molecule has 0 saturated carbocycles. The fraction of sp³-hybridized carbons (Fsp3) is 0.500. The lowest BCUT2D eigenvalue weighted by Gasteiger charge is -2.10. The second-order valence-electron chi connectivity index (χ2n) is 4.28. The molecule has 0 bridgehead atoms. The van der Waals surface area contributed by atoms with Gasteiger partial charge in [0.2, 0.25) is 5.88 Å². The van der Waals surface area contributed by atoms with Crippen molar-refractivity contribution in [3.63, 3.8) is 0 Å². The Morgan fingerprint density at radius 1 is 1.58 bits per heavy atom. The van der Waals surface area contributed by atoms with Gasteiger partial charge in [-0.05, 0) is 5.56 Å². The van der Waals surface area contributed by atoms with Crippen LogP contribution >= 0.6 is 0 Å². The van der Waals surface area contributed by atoms with E-state index in [0.29, 0.717) is 12.4 Å². The number of aromatic nitrogens is 1. The summed E-state index contributed by atoms with van der Waals surface area (Å²) in [5.41, 5.74) is 0.886. The van der Waals surface area contributed by atoms with Gasteiger partial charge in [0.15, 0.2) is 0 Å². The summed E-state index contributed by atoms with van der Waals surface area (Å²) in [7, 11) is 1.52. The maximum Gasteiger partial charge on any atom is 0.377 e. The Kier molecular flexibility index (Phi) is 3.94. The molecule has 2 heterocycles. The SMILES string of the molecule is COc1ccc(CNCC2CC(F)(F)C(=O)O2)cn1. The summed E-state index contributed by atoms with van der Waals surface area (Å²) in [6, 6.07) is 3.52. The molecule has 2 rings (SSSR count). The van der Waals surface area contributed by atoms with E-state index in [1.807, 2.05) is 6.07 Å². The molecule has 0 aliphatic carbocycles. The summed E-state index contributed by atoms with van der Waals surface area (Å²) in [6.07, 6.45) is 0.273. The Labute approximate surface area is 108 Å². The van der Waals surface area contributed by atoms with Crippen LogP contribution in [0.2, 0.25) is 0 Å². The first-order valence-corrected chi connectivity index (χ1v) is 5.80. The van der Waals surface area contributed by atoms with Crippen molar-refractivity contribution in [3.05, 3.63) is 23.9 Å². The first-order valence-electron chi connectivity index (χ1n) is 5.80. The fourth-order valence-electron chi connectivity index (χ4n) is 1.78. The zero-order valence-electron chi connectivity index (χ0n) is 10.4. The average molecular weight is 272 g/mol. The molecule has 1 unspecified atom stereocenters. The Hall–Kier alpha value is -1.76. The van der Waals surface area contributed by atoms with E-state index >= 15 is 0 Å². The molecule has 1 aromatic heterocycles. The second-order valence-corrected chi connectivity index (χ2v) is 4.28. The summed E-state index contributed by atoms with van der Waals surface area (Å²) < 4.78 is 35.3.